The van der Waals surface area contributed by atoms with Crippen LogP contribution in [0.15, 0.2) is 0 Å². The molecule has 0 atom stereocenters. The van der Waals surface area contributed by atoms with Gasteiger partial charge < -0.3 is 5.02 Å². The third kappa shape index (κ3) is 6.46. The van der Waals surface area contributed by atoms with E-state index in [1.807, 2.05) is 0 Å². The van der Waals surface area contributed by atoms with Crippen LogP contribution in [-0.4, -0.2) is 41.7 Å². The molecule has 38 valence electrons. The molecule has 0 aromatic rings. The number of rotatable bonds is 2. The Morgan fingerprint density at radius 2 is 1.43 bits per heavy atom. The van der Waals surface area contributed by atoms with Gasteiger partial charge in [-0.1, -0.05) is 0 Å². The summed E-state index contributed by atoms with van der Waals surface area (Å²) in [6, 6.07) is 0. The summed E-state index contributed by atoms with van der Waals surface area (Å²) in [6.45, 7) is 0. The van der Waals surface area contributed by atoms with Gasteiger partial charge in [0, 0.05) is 0 Å². The number of hydrogen-bond donors (Lipinski definition) is 3. The molecule has 5 nitrogen and oxygen atoms in total. The molecule has 0 saturated heterocycles. The molecule has 0 saturated carbocycles. The molecule has 0 aliphatic carbocycles. The second-order valence-corrected chi connectivity index (χ2v) is 0.518. The summed E-state index contributed by atoms with van der Waals surface area (Å²) in [5, 5.41) is 22.3. The zero-order chi connectivity index (χ0) is 4.99. The standard InChI is InChI=1S/BH3O5.Li.H/c2-1(5-3)6-4;;/h2-4H;;. The second kappa shape index (κ2) is 6.46. The molecule has 0 aliphatic heterocycles. The molecule has 0 aromatic carbocycles. The quantitative estimate of drug-likeness (QED) is 0.220. The van der Waals surface area contributed by atoms with Crippen molar-refractivity contribution in [3.63, 3.8) is 0 Å². The molecule has 0 bridgehead atoms. The molecule has 0 aliphatic rings. The number of hydrogen-bond acceptors (Lipinski definition) is 5. The third-order valence-electron chi connectivity index (χ3n) is 0.180. The molecule has 0 amide bonds. The maximum absolute atomic E-state index is 7.72. The van der Waals surface area contributed by atoms with Crippen molar-refractivity contribution in [2.75, 3.05) is 0 Å². The van der Waals surface area contributed by atoms with Gasteiger partial charge in [-0.25, -0.2) is 9.61 Å². The van der Waals surface area contributed by atoms with Crippen LogP contribution in [0.25, 0.3) is 0 Å². The summed E-state index contributed by atoms with van der Waals surface area (Å²) in [7, 11) is -1.95. The predicted molar refractivity (Wildman–Crippen MR) is 22.5 cm³/mol. The van der Waals surface area contributed by atoms with Crippen LogP contribution >= 0.6 is 0 Å². The van der Waals surface area contributed by atoms with Gasteiger partial charge in [0.25, 0.3) is 0 Å². The van der Waals surface area contributed by atoms with Crippen LogP contribution in [0.2, 0.25) is 0 Å². The average molecular weight is 102 g/mol. The molecule has 0 aromatic heterocycles. The van der Waals surface area contributed by atoms with Crippen molar-refractivity contribution in [3.8, 4) is 0 Å². The van der Waals surface area contributed by atoms with E-state index in [0.29, 0.717) is 0 Å². The third-order valence-corrected chi connectivity index (χ3v) is 0.180. The summed E-state index contributed by atoms with van der Waals surface area (Å²) in [4.78, 5) is 5.97. The minimum atomic E-state index is -1.95. The summed E-state index contributed by atoms with van der Waals surface area (Å²) in [5.41, 5.74) is 0. The normalized spacial score (nSPS) is 7.29. The van der Waals surface area contributed by atoms with Gasteiger partial charge in [-0.2, -0.15) is 0 Å². The van der Waals surface area contributed by atoms with Gasteiger partial charge in [0.05, 0.1) is 0 Å². The molecule has 0 rings (SSSR count). The Kier molecular flexibility index (Phi) is 9.64. The molecule has 0 spiro atoms. The first-order chi connectivity index (χ1) is 2.81. The Hall–Kier alpha value is 0.462. The van der Waals surface area contributed by atoms with Crippen molar-refractivity contribution < 1.29 is 25.1 Å². The molecule has 0 radical (unpaired) electrons. The molecular formula is H4BLiO5. The first-order valence-corrected chi connectivity index (χ1v) is 1.09. The van der Waals surface area contributed by atoms with Crippen molar-refractivity contribution in [2.24, 2.45) is 0 Å². The summed E-state index contributed by atoms with van der Waals surface area (Å²) < 4.78 is 0. The van der Waals surface area contributed by atoms with Crippen molar-refractivity contribution in [3.05, 3.63) is 0 Å². The summed E-state index contributed by atoms with van der Waals surface area (Å²) in [6.07, 6.45) is 0. The van der Waals surface area contributed by atoms with E-state index in [-0.39, 0.29) is 18.9 Å². The Morgan fingerprint density at radius 3 is 1.43 bits per heavy atom. The van der Waals surface area contributed by atoms with Crippen LogP contribution in [0.3, 0.4) is 0 Å². The van der Waals surface area contributed by atoms with Crippen LogP contribution in [0.4, 0.5) is 0 Å². The van der Waals surface area contributed by atoms with E-state index in [4.69, 9.17) is 15.5 Å². The first kappa shape index (κ1) is 10.4. The Bertz CT molecular complexity index is 27.3. The van der Waals surface area contributed by atoms with Crippen molar-refractivity contribution in [1.82, 2.24) is 0 Å². The molecular weight excluding hydrogens is 97.7 g/mol. The van der Waals surface area contributed by atoms with E-state index >= 15 is 0 Å². The fraction of sp³-hybridized carbons (Fsp3) is 0. The zero-order valence-corrected chi connectivity index (χ0v) is 2.74. The minimum absolute atomic E-state index is 0. The maximum atomic E-state index is 7.72. The summed E-state index contributed by atoms with van der Waals surface area (Å²) in [5.74, 6) is 0. The molecule has 7 heavy (non-hydrogen) atoms. The van der Waals surface area contributed by atoms with E-state index in [1.165, 1.54) is 0 Å². The van der Waals surface area contributed by atoms with Crippen LogP contribution < -0.4 is 0 Å². The van der Waals surface area contributed by atoms with Crippen molar-refractivity contribution >= 4 is 26.2 Å². The van der Waals surface area contributed by atoms with Crippen LogP contribution in [0.1, 0.15) is 0 Å². The van der Waals surface area contributed by atoms with E-state index in [9.17, 15) is 0 Å². The van der Waals surface area contributed by atoms with Crippen LogP contribution in [-0.2, 0) is 9.61 Å². The van der Waals surface area contributed by atoms with Crippen LogP contribution in [0.5, 0.6) is 0 Å². The second-order valence-electron chi connectivity index (χ2n) is 0.518. The van der Waals surface area contributed by atoms with E-state index in [0.717, 1.165) is 0 Å². The first-order valence-electron chi connectivity index (χ1n) is 1.09. The van der Waals surface area contributed by atoms with Crippen molar-refractivity contribution in [2.45, 2.75) is 0 Å². The van der Waals surface area contributed by atoms with Gasteiger partial charge in [-0.05, 0) is 0 Å². The molecule has 0 heterocycles. The Morgan fingerprint density at radius 1 is 1.14 bits per heavy atom. The van der Waals surface area contributed by atoms with E-state index in [2.05, 4.69) is 9.61 Å². The summed E-state index contributed by atoms with van der Waals surface area (Å²) >= 11 is 0. The van der Waals surface area contributed by atoms with Crippen molar-refractivity contribution in [1.29, 1.82) is 0 Å². The van der Waals surface area contributed by atoms with E-state index in [1.54, 1.807) is 0 Å². The van der Waals surface area contributed by atoms with E-state index < -0.39 is 7.32 Å². The van der Waals surface area contributed by atoms with Gasteiger partial charge in [0.2, 0.25) is 0 Å². The van der Waals surface area contributed by atoms with Gasteiger partial charge in [0.15, 0.2) is 0 Å². The average Bonchev–Trinajstić information content (AvgIpc) is 1.65. The van der Waals surface area contributed by atoms with Gasteiger partial charge >= 0.3 is 26.2 Å². The van der Waals surface area contributed by atoms with Gasteiger partial charge in [-0.15, -0.1) is 0 Å². The van der Waals surface area contributed by atoms with Gasteiger partial charge in [-0.3, -0.25) is 10.5 Å². The van der Waals surface area contributed by atoms with Gasteiger partial charge in [0.1, 0.15) is 0 Å². The molecule has 0 fully saturated rings. The topological polar surface area (TPSA) is 79.2 Å². The predicted octanol–water partition coefficient (Wildman–Crippen LogP) is -1.71. The zero-order valence-electron chi connectivity index (χ0n) is 2.74. The monoisotopic (exact) mass is 102 g/mol. The SMILES string of the molecule is OOB(O)OO.[LiH]. The van der Waals surface area contributed by atoms with Crippen LogP contribution in [0, 0.1) is 0 Å². The molecule has 7 heteroatoms. The fourth-order valence-electron chi connectivity index (χ4n) is 0.0192. The Balaban J connectivity index is 0. The Labute approximate surface area is 52.1 Å². The fourth-order valence-corrected chi connectivity index (χ4v) is 0.0192. The molecule has 3 N–H and O–H groups in total. The molecule has 0 unspecified atom stereocenters.